The summed E-state index contributed by atoms with van der Waals surface area (Å²) in [4.78, 5) is 16.4. The van der Waals surface area contributed by atoms with E-state index in [0.717, 1.165) is 13.0 Å². The topological polar surface area (TPSA) is 89.3 Å². The van der Waals surface area contributed by atoms with Gasteiger partial charge in [-0.25, -0.2) is 4.79 Å². The smallest absolute Gasteiger partial charge is 0.315 e. The molecule has 2 heterocycles. The predicted molar refractivity (Wildman–Crippen MR) is 84.0 cm³/mol. The Hall–Kier alpha value is -1.63. The van der Waals surface area contributed by atoms with Crippen molar-refractivity contribution in [2.45, 2.75) is 58.6 Å². The fourth-order valence-corrected chi connectivity index (χ4v) is 3.70. The number of aromatic nitrogens is 2. The van der Waals surface area contributed by atoms with Gasteiger partial charge in [-0.15, -0.1) is 0 Å². The predicted octanol–water partition coefficient (Wildman–Crippen LogP) is 1.85. The van der Waals surface area contributed by atoms with Crippen molar-refractivity contribution in [1.29, 1.82) is 0 Å². The summed E-state index contributed by atoms with van der Waals surface area (Å²) < 4.78 is 10.9. The van der Waals surface area contributed by atoms with Gasteiger partial charge in [0, 0.05) is 42.9 Å². The number of ether oxygens (including phenoxy) is 1. The van der Waals surface area contributed by atoms with Gasteiger partial charge in [-0.1, -0.05) is 32.9 Å². The molecule has 2 fully saturated rings. The summed E-state index contributed by atoms with van der Waals surface area (Å²) in [5, 5.41) is 9.87. The fourth-order valence-electron chi connectivity index (χ4n) is 3.70. The average molecular weight is 322 g/mol. The molecule has 1 aromatic rings. The molecule has 0 unspecified atom stereocenters. The van der Waals surface area contributed by atoms with Gasteiger partial charge in [0.05, 0.1) is 6.10 Å². The minimum atomic E-state index is -0.142. The van der Waals surface area contributed by atoms with Crippen LogP contribution in [0.1, 0.15) is 51.7 Å². The first-order chi connectivity index (χ1) is 10.9. The monoisotopic (exact) mass is 322 g/mol. The third-order valence-corrected chi connectivity index (χ3v) is 5.01. The number of nitrogens with zero attached hydrogens (tertiary/aromatic N) is 2. The minimum Gasteiger partial charge on any atom is -0.377 e. The molecule has 0 spiro atoms. The van der Waals surface area contributed by atoms with Gasteiger partial charge < -0.3 is 19.9 Å². The maximum absolute atomic E-state index is 12.1. The van der Waals surface area contributed by atoms with Gasteiger partial charge >= 0.3 is 6.03 Å². The quantitative estimate of drug-likeness (QED) is 0.863. The van der Waals surface area contributed by atoms with Gasteiger partial charge in [-0.05, 0) is 6.42 Å². The summed E-state index contributed by atoms with van der Waals surface area (Å²) in [5.41, 5.74) is -0.00282. The van der Waals surface area contributed by atoms with E-state index in [1.807, 2.05) is 13.8 Å². The summed E-state index contributed by atoms with van der Waals surface area (Å²) in [6, 6.07) is 0.0305. The van der Waals surface area contributed by atoms with Gasteiger partial charge in [0.2, 0.25) is 5.89 Å². The van der Waals surface area contributed by atoms with Crippen LogP contribution in [0.3, 0.4) is 0 Å². The first kappa shape index (κ1) is 16.2. The molecule has 1 aromatic heterocycles. The number of carbonyl (C=O) groups is 1. The highest BCUT2D eigenvalue weighted by Gasteiger charge is 2.59. The molecule has 0 radical (unpaired) electrons. The normalized spacial score (nSPS) is 28.3. The highest BCUT2D eigenvalue weighted by atomic mass is 16.5. The first-order valence-electron chi connectivity index (χ1n) is 8.38. The van der Waals surface area contributed by atoms with Gasteiger partial charge in [-0.3, -0.25) is 0 Å². The lowest BCUT2D eigenvalue weighted by Crippen LogP contribution is -2.67. The number of nitrogens with one attached hydrogen (secondary N) is 2. The number of amides is 2. The zero-order valence-corrected chi connectivity index (χ0v) is 14.3. The number of carbonyl (C=O) groups excluding carboxylic acids is 1. The Bertz CT molecular complexity index is 569. The van der Waals surface area contributed by atoms with Crippen LogP contribution in [0.5, 0.6) is 0 Å². The molecule has 7 heteroatoms. The summed E-state index contributed by atoms with van der Waals surface area (Å²) in [5.74, 6) is 1.95. The standard InChI is InChI=1S/C16H26N4O3/c1-9(2)14-18-11(23-20-14)5-7-17-15(21)19-12-10-6-8-22-13(10)16(12,3)4/h9-10,12-13H,5-8H2,1-4H3,(H2,17,19,21)/t10-,12-,13-/m1/s1. The Balaban J connectivity index is 1.43. The Labute approximate surface area is 136 Å². The van der Waals surface area contributed by atoms with Crippen LogP contribution in [0.15, 0.2) is 4.52 Å². The van der Waals surface area contributed by atoms with Crippen molar-refractivity contribution in [3.63, 3.8) is 0 Å². The molecule has 3 rings (SSSR count). The van der Waals surface area contributed by atoms with Gasteiger partial charge in [-0.2, -0.15) is 4.98 Å². The molecule has 1 aliphatic heterocycles. The molecule has 1 aliphatic carbocycles. The van der Waals surface area contributed by atoms with E-state index in [-0.39, 0.29) is 29.5 Å². The van der Waals surface area contributed by atoms with E-state index in [9.17, 15) is 4.79 Å². The molecule has 128 valence electrons. The third-order valence-electron chi connectivity index (χ3n) is 5.01. The zero-order chi connectivity index (χ0) is 16.6. The molecule has 2 amide bonds. The molecule has 3 atom stereocenters. The van der Waals surface area contributed by atoms with Crippen LogP contribution in [-0.4, -0.2) is 41.5 Å². The molecule has 1 saturated carbocycles. The molecule has 0 bridgehead atoms. The van der Waals surface area contributed by atoms with E-state index in [4.69, 9.17) is 9.26 Å². The molecule has 2 aliphatic rings. The van der Waals surface area contributed by atoms with Crippen LogP contribution in [0.4, 0.5) is 4.79 Å². The Morgan fingerprint density at radius 3 is 2.91 bits per heavy atom. The molecule has 23 heavy (non-hydrogen) atoms. The number of hydrogen-bond donors (Lipinski definition) is 2. The van der Waals surface area contributed by atoms with Crippen LogP contribution in [0.2, 0.25) is 0 Å². The van der Waals surface area contributed by atoms with Crippen molar-refractivity contribution in [1.82, 2.24) is 20.8 Å². The van der Waals surface area contributed by atoms with Crippen LogP contribution in [-0.2, 0) is 11.2 Å². The second-order valence-electron chi connectivity index (χ2n) is 7.39. The van der Waals surface area contributed by atoms with Crippen LogP contribution >= 0.6 is 0 Å². The maximum Gasteiger partial charge on any atom is 0.315 e. The molecule has 0 aromatic carbocycles. The third kappa shape index (κ3) is 3.06. The van der Waals surface area contributed by atoms with E-state index >= 15 is 0 Å². The minimum absolute atomic E-state index is 0.00282. The number of urea groups is 1. The van der Waals surface area contributed by atoms with Crippen molar-refractivity contribution in [3.8, 4) is 0 Å². The maximum atomic E-state index is 12.1. The van der Waals surface area contributed by atoms with E-state index in [0.29, 0.717) is 30.6 Å². The fraction of sp³-hybridized carbons (Fsp3) is 0.812. The van der Waals surface area contributed by atoms with Crippen molar-refractivity contribution < 1.29 is 14.1 Å². The average Bonchev–Trinajstić information content (AvgIpc) is 3.13. The first-order valence-corrected chi connectivity index (χ1v) is 8.38. The van der Waals surface area contributed by atoms with Crippen LogP contribution in [0, 0.1) is 11.3 Å². The Morgan fingerprint density at radius 1 is 1.43 bits per heavy atom. The largest absolute Gasteiger partial charge is 0.377 e. The Kier molecular flexibility index (Phi) is 4.31. The Morgan fingerprint density at radius 2 is 2.22 bits per heavy atom. The molecule has 1 saturated heterocycles. The molecular weight excluding hydrogens is 296 g/mol. The number of rotatable bonds is 5. The van der Waals surface area contributed by atoms with E-state index in [1.165, 1.54) is 0 Å². The van der Waals surface area contributed by atoms with E-state index in [1.54, 1.807) is 0 Å². The summed E-state index contributed by atoms with van der Waals surface area (Å²) in [7, 11) is 0. The second-order valence-corrected chi connectivity index (χ2v) is 7.39. The lowest BCUT2D eigenvalue weighted by Gasteiger charge is -2.54. The molecule has 2 N–H and O–H groups in total. The van der Waals surface area contributed by atoms with E-state index < -0.39 is 0 Å². The van der Waals surface area contributed by atoms with Gasteiger partial charge in [0.15, 0.2) is 5.82 Å². The number of hydrogen-bond acceptors (Lipinski definition) is 5. The summed E-state index contributed by atoms with van der Waals surface area (Å²) >= 11 is 0. The summed E-state index contributed by atoms with van der Waals surface area (Å²) in [6.45, 7) is 9.60. The van der Waals surface area contributed by atoms with Gasteiger partial charge in [0.1, 0.15) is 0 Å². The number of fused-ring (bicyclic) bond motifs is 1. The lowest BCUT2D eigenvalue weighted by molar-refractivity contribution is -0.108. The van der Waals surface area contributed by atoms with Crippen molar-refractivity contribution in [2.75, 3.05) is 13.2 Å². The molecule has 7 nitrogen and oxygen atoms in total. The highest BCUT2D eigenvalue weighted by Crippen LogP contribution is 2.51. The van der Waals surface area contributed by atoms with Crippen molar-refractivity contribution in [2.24, 2.45) is 11.3 Å². The van der Waals surface area contributed by atoms with Crippen molar-refractivity contribution in [3.05, 3.63) is 11.7 Å². The zero-order valence-electron chi connectivity index (χ0n) is 14.3. The van der Waals surface area contributed by atoms with Crippen molar-refractivity contribution >= 4 is 6.03 Å². The van der Waals surface area contributed by atoms with Crippen LogP contribution in [0.25, 0.3) is 0 Å². The lowest BCUT2D eigenvalue weighted by atomic mass is 9.57. The van der Waals surface area contributed by atoms with E-state index in [2.05, 4.69) is 34.6 Å². The SMILES string of the molecule is CC(C)c1noc(CCNC(=O)N[C@@H]2[C@H]3CCO[C@H]3C2(C)C)n1. The highest BCUT2D eigenvalue weighted by molar-refractivity contribution is 5.74. The van der Waals surface area contributed by atoms with Crippen LogP contribution < -0.4 is 10.6 Å². The molecular formula is C16H26N4O3. The van der Waals surface area contributed by atoms with Gasteiger partial charge in [0.25, 0.3) is 0 Å². The second kappa shape index (κ2) is 6.11. The summed E-state index contributed by atoms with van der Waals surface area (Å²) in [6.07, 6.45) is 1.84.